The van der Waals surface area contributed by atoms with E-state index in [4.69, 9.17) is 26.2 Å². The van der Waals surface area contributed by atoms with E-state index in [0.717, 1.165) is 5.56 Å². The summed E-state index contributed by atoms with van der Waals surface area (Å²) < 4.78 is 33.1. The summed E-state index contributed by atoms with van der Waals surface area (Å²) in [4.78, 5) is 12.4. The predicted molar refractivity (Wildman–Crippen MR) is 103 cm³/mol. The van der Waals surface area contributed by atoms with Gasteiger partial charge in [-0.1, -0.05) is 23.7 Å². The summed E-state index contributed by atoms with van der Waals surface area (Å²) in [6.45, 7) is 2.61. The van der Waals surface area contributed by atoms with Crippen molar-refractivity contribution in [2.75, 3.05) is 20.3 Å². The van der Waals surface area contributed by atoms with Crippen LogP contribution in [0.15, 0.2) is 41.3 Å². The van der Waals surface area contributed by atoms with Gasteiger partial charge in [0.15, 0.2) is 11.5 Å². The van der Waals surface area contributed by atoms with Crippen LogP contribution in [0.2, 0.25) is 5.02 Å². The molecular weight excluding hydrogens is 392 g/mol. The smallest absolute Gasteiger partial charge is 0.251 e. The zero-order chi connectivity index (χ0) is 20.0. The summed E-state index contributed by atoms with van der Waals surface area (Å²) in [5.74, 6) is 0.473. The van der Waals surface area contributed by atoms with E-state index in [0.29, 0.717) is 41.7 Å². The Kier molecular flexibility index (Phi) is 7.06. The lowest BCUT2D eigenvalue weighted by Gasteiger charge is -2.13. The number of halogens is 1. The lowest BCUT2D eigenvalue weighted by atomic mass is 10.1. The van der Waals surface area contributed by atoms with Gasteiger partial charge in [-0.25, -0.2) is 13.6 Å². The Hall–Kier alpha value is -2.29. The number of hydrogen-bond acceptors (Lipinski definition) is 5. The van der Waals surface area contributed by atoms with Gasteiger partial charge in [0.05, 0.1) is 23.6 Å². The molecule has 146 valence electrons. The van der Waals surface area contributed by atoms with E-state index in [2.05, 4.69) is 5.32 Å². The molecular formula is C18H21ClN2O5S. The molecule has 3 N–H and O–H groups in total. The second kappa shape index (κ2) is 9.07. The van der Waals surface area contributed by atoms with Crippen molar-refractivity contribution in [3.8, 4) is 11.5 Å². The largest absolute Gasteiger partial charge is 0.493 e. The SMILES string of the molecule is CCOc1c(Cl)cc(C(=O)NCCc2ccc(S(N)(=O)=O)cc2)cc1OC. The maximum atomic E-state index is 12.3. The van der Waals surface area contributed by atoms with Crippen molar-refractivity contribution in [3.63, 3.8) is 0 Å². The average Bonchev–Trinajstić information content (AvgIpc) is 2.62. The summed E-state index contributed by atoms with van der Waals surface area (Å²) in [5.41, 5.74) is 1.22. The Bertz CT molecular complexity index is 914. The van der Waals surface area contributed by atoms with Gasteiger partial charge in [0, 0.05) is 12.1 Å². The fraction of sp³-hybridized carbons (Fsp3) is 0.278. The van der Waals surface area contributed by atoms with Gasteiger partial charge >= 0.3 is 0 Å². The Morgan fingerprint density at radius 1 is 1.22 bits per heavy atom. The normalized spacial score (nSPS) is 11.1. The standard InChI is InChI=1S/C18H21ClN2O5S/c1-3-26-17-15(19)10-13(11-16(17)25-2)18(22)21-9-8-12-4-6-14(7-5-12)27(20,23)24/h4-7,10-11H,3,8-9H2,1-2H3,(H,21,22)(H2,20,23,24). The Labute approximate surface area is 163 Å². The lowest BCUT2D eigenvalue weighted by molar-refractivity contribution is 0.0953. The van der Waals surface area contributed by atoms with E-state index in [1.807, 2.05) is 6.92 Å². The van der Waals surface area contributed by atoms with Gasteiger partial charge in [0.1, 0.15) is 0 Å². The van der Waals surface area contributed by atoms with E-state index in [1.54, 1.807) is 18.2 Å². The molecule has 27 heavy (non-hydrogen) atoms. The number of carbonyl (C=O) groups excluding carboxylic acids is 1. The van der Waals surface area contributed by atoms with Gasteiger partial charge in [0.25, 0.3) is 5.91 Å². The van der Waals surface area contributed by atoms with E-state index in [1.165, 1.54) is 25.3 Å². The third kappa shape index (κ3) is 5.59. The van der Waals surface area contributed by atoms with E-state index in [-0.39, 0.29) is 10.8 Å². The van der Waals surface area contributed by atoms with Gasteiger partial charge in [-0.15, -0.1) is 0 Å². The Morgan fingerprint density at radius 2 is 1.89 bits per heavy atom. The molecule has 0 unspecified atom stereocenters. The zero-order valence-corrected chi connectivity index (χ0v) is 16.6. The summed E-state index contributed by atoms with van der Waals surface area (Å²) in [5, 5.41) is 8.14. The number of nitrogens with two attached hydrogens (primary N) is 1. The molecule has 2 aromatic carbocycles. The van der Waals surface area contributed by atoms with Crippen molar-refractivity contribution in [2.45, 2.75) is 18.2 Å². The van der Waals surface area contributed by atoms with Crippen LogP contribution in [0.4, 0.5) is 0 Å². The number of rotatable bonds is 8. The van der Waals surface area contributed by atoms with Crippen LogP contribution in [0.25, 0.3) is 0 Å². The van der Waals surface area contributed by atoms with Crippen molar-refractivity contribution in [1.82, 2.24) is 5.32 Å². The molecule has 9 heteroatoms. The fourth-order valence-corrected chi connectivity index (χ4v) is 3.18. The number of benzene rings is 2. The van der Waals surface area contributed by atoms with Crippen molar-refractivity contribution in [3.05, 3.63) is 52.5 Å². The summed E-state index contributed by atoms with van der Waals surface area (Å²) in [6.07, 6.45) is 0.526. The molecule has 0 spiro atoms. The van der Waals surface area contributed by atoms with E-state index < -0.39 is 10.0 Å². The molecule has 0 heterocycles. The molecule has 0 saturated carbocycles. The molecule has 2 rings (SSSR count). The monoisotopic (exact) mass is 412 g/mol. The Balaban J connectivity index is 2.00. The van der Waals surface area contributed by atoms with Crippen LogP contribution < -0.4 is 19.9 Å². The number of carbonyl (C=O) groups is 1. The van der Waals surface area contributed by atoms with E-state index >= 15 is 0 Å². The van der Waals surface area contributed by atoms with Gasteiger partial charge < -0.3 is 14.8 Å². The van der Waals surface area contributed by atoms with Crippen molar-refractivity contribution >= 4 is 27.5 Å². The van der Waals surface area contributed by atoms with Crippen LogP contribution in [-0.2, 0) is 16.4 Å². The van der Waals surface area contributed by atoms with Crippen molar-refractivity contribution in [1.29, 1.82) is 0 Å². The number of methoxy groups -OCH3 is 1. The second-order valence-electron chi connectivity index (χ2n) is 5.62. The first-order valence-electron chi connectivity index (χ1n) is 8.16. The fourth-order valence-electron chi connectivity index (χ4n) is 2.40. The summed E-state index contributed by atoms with van der Waals surface area (Å²) in [6, 6.07) is 9.26. The zero-order valence-electron chi connectivity index (χ0n) is 15.0. The summed E-state index contributed by atoms with van der Waals surface area (Å²) >= 11 is 6.17. The topological polar surface area (TPSA) is 108 Å². The third-order valence-corrected chi connectivity index (χ3v) is 4.94. The highest BCUT2D eigenvalue weighted by Gasteiger charge is 2.15. The van der Waals surface area contributed by atoms with Gasteiger partial charge in [-0.2, -0.15) is 0 Å². The maximum Gasteiger partial charge on any atom is 0.251 e. The molecule has 0 aliphatic heterocycles. The highest BCUT2D eigenvalue weighted by molar-refractivity contribution is 7.89. The summed E-state index contributed by atoms with van der Waals surface area (Å²) in [7, 11) is -2.24. The van der Waals surface area contributed by atoms with Crippen LogP contribution in [0, 0.1) is 0 Å². The van der Waals surface area contributed by atoms with Crippen LogP contribution in [0.3, 0.4) is 0 Å². The number of sulfonamides is 1. The molecule has 0 saturated heterocycles. The molecule has 0 bridgehead atoms. The minimum atomic E-state index is -3.71. The molecule has 0 aromatic heterocycles. The Morgan fingerprint density at radius 3 is 2.44 bits per heavy atom. The highest BCUT2D eigenvalue weighted by Crippen LogP contribution is 2.36. The molecule has 2 aromatic rings. The molecule has 1 amide bonds. The maximum absolute atomic E-state index is 12.3. The highest BCUT2D eigenvalue weighted by atomic mass is 35.5. The van der Waals surface area contributed by atoms with Crippen LogP contribution >= 0.6 is 11.6 Å². The van der Waals surface area contributed by atoms with Crippen LogP contribution in [-0.4, -0.2) is 34.6 Å². The molecule has 0 aliphatic rings. The van der Waals surface area contributed by atoms with Crippen LogP contribution in [0.1, 0.15) is 22.8 Å². The first-order chi connectivity index (χ1) is 12.8. The number of ether oxygens (including phenoxy) is 2. The minimum Gasteiger partial charge on any atom is -0.493 e. The first-order valence-corrected chi connectivity index (χ1v) is 10.1. The average molecular weight is 413 g/mol. The molecule has 7 nitrogen and oxygen atoms in total. The first kappa shape index (κ1) is 21.0. The third-order valence-electron chi connectivity index (χ3n) is 3.73. The van der Waals surface area contributed by atoms with Gasteiger partial charge in [-0.3, -0.25) is 4.79 Å². The predicted octanol–water partition coefficient (Wildman–Crippen LogP) is 2.37. The number of amides is 1. The molecule has 0 atom stereocenters. The number of nitrogens with one attached hydrogen (secondary N) is 1. The molecule has 0 fully saturated rings. The molecule has 0 radical (unpaired) electrons. The lowest BCUT2D eigenvalue weighted by Crippen LogP contribution is -2.25. The number of hydrogen-bond donors (Lipinski definition) is 2. The van der Waals surface area contributed by atoms with Crippen molar-refractivity contribution < 1.29 is 22.7 Å². The second-order valence-corrected chi connectivity index (χ2v) is 7.59. The number of primary sulfonamides is 1. The molecule has 0 aliphatic carbocycles. The van der Waals surface area contributed by atoms with Gasteiger partial charge in [-0.05, 0) is 43.2 Å². The minimum absolute atomic E-state index is 0.0476. The van der Waals surface area contributed by atoms with Gasteiger partial charge in [0.2, 0.25) is 10.0 Å². The van der Waals surface area contributed by atoms with Crippen LogP contribution in [0.5, 0.6) is 11.5 Å². The quantitative estimate of drug-likeness (QED) is 0.692. The van der Waals surface area contributed by atoms with E-state index in [9.17, 15) is 13.2 Å². The van der Waals surface area contributed by atoms with Crippen molar-refractivity contribution in [2.24, 2.45) is 5.14 Å².